The minimum Gasteiger partial charge on any atom is -0.397 e. The Morgan fingerprint density at radius 3 is 2.53 bits per heavy atom. The van der Waals surface area contributed by atoms with Crippen LogP contribution in [0.15, 0.2) is 72.0 Å². The molecule has 1 aliphatic heterocycles. The third kappa shape index (κ3) is 9.18. The lowest BCUT2D eigenvalue weighted by Crippen LogP contribution is -2.52. The van der Waals surface area contributed by atoms with Gasteiger partial charge in [0.1, 0.15) is 5.82 Å². The van der Waals surface area contributed by atoms with Gasteiger partial charge in [-0.05, 0) is 36.8 Å². The highest BCUT2D eigenvalue weighted by molar-refractivity contribution is 5.97. The van der Waals surface area contributed by atoms with Crippen molar-refractivity contribution in [3.8, 4) is 11.3 Å². The largest absolute Gasteiger partial charge is 0.397 e. The zero-order valence-corrected chi connectivity index (χ0v) is 30.2. The molecule has 4 amide bonds. The Hall–Kier alpha value is -6.49. The van der Waals surface area contributed by atoms with Crippen LogP contribution >= 0.6 is 0 Å². The number of nitrogens with one attached hydrogen (secondary N) is 2. The summed E-state index contributed by atoms with van der Waals surface area (Å²) in [6.45, 7) is 3.99. The minimum atomic E-state index is -0.665. The number of benzene rings is 2. The first-order chi connectivity index (χ1) is 26.6. The number of halogens is 1. The van der Waals surface area contributed by atoms with Crippen molar-refractivity contribution in [1.29, 1.82) is 0 Å². The van der Waals surface area contributed by atoms with E-state index >= 15 is 0 Å². The average molecular weight is 753 g/mol. The van der Waals surface area contributed by atoms with Crippen LogP contribution in [-0.4, -0.2) is 123 Å². The van der Waals surface area contributed by atoms with Crippen molar-refractivity contribution in [3.05, 3.63) is 106 Å². The number of fused-ring (bicyclic) bond motifs is 1. The molecule has 0 bridgehead atoms. The standard InChI is InChI=1S/C38H41FN10O6/c1-2-46-21-33(43-23-46)26-19-31(40)35(42-20-26)37(53)41-9-15-55-16-14-47(24-50)22-34(51)48-10-12-49(13-11-48)38(54)29-17-25(7-8-30(29)39)18-32-27-5-3-4-6-28(27)36(52)45-44-32/h3-8,17,19-21,23-24H,2,9-16,18,22,40H2,1H3,(H,41,53)(H,45,52). The summed E-state index contributed by atoms with van der Waals surface area (Å²) >= 11 is 0. The summed E-state index contributed by atoms with van der Waals surface area (Å²) in [6, 6.07) is 13.0. The highest BCUT2D eigenvalue weighted by Crippen LogP contribution is 2.22. The van der Waals surface area contributed by atoms with E-state index in [1.54, 1.807) is 53.8 Å². The number of piperazine rings is 1. The number of ether oxygens (including phenoxy) is 1. The SMILES string of the molecule is CCn1cnc(-c2cnc(C(=O)NCCOCCN(C=O)CC(=O)N3CCN(C(=O)c4cc(Cc5n[nH]c(=O)c6ccccc56)ccc4F)CC3)c(N)c2)c1. The molecule has 4 heterocycles. The average Bonchev–Trinajstić information content (AvgIpc) is 3.70. The molecule has 0 unspecified atom stereocenters. The molecule has 0 radical (unpaired) electrons. The Labute approximate surface area is 315 Å². The van der Waals surface area contributed by atoms with E-state index < -0.39 is 17.6 Å². The first-order valence-electron chi connectivity index (χ1n) is 17.8. The fraction of sp³-hybridized carbons (Fsp3) is 0.316. The molecule has 286 valence electrons. The number of H-pyrrole nitrogens is 1. The summed E-state index contributed by atoms with van der Waals surface area (Å²) in [5, 5.41) is 10.5. The van der Waals surface area contributed by atoms with Crippen molar-refractivity contribution in [2.24, 2.45) is 0 Å². The Morgan fingerprint density at radius 2 is 1.80 bits per heavy atom. The molecule has 1 fully saturated rings. The second-order valence-electron chi connectivity index (χ2n) is 12.9. The van der Waals surface area contributed by atoms with Crippen LogP contribution in [-0.2, 0) is 27.3 Å². The van der Waals surface area contributed by atoms with Gasteiger partial charge in [0.25, 0.3) is 17.4 Å². The van der Waals surface area contributed by atoms with Gasteiger partial charge >= 0.3 is 0 Å². The molecule has 55 heavy (non-hydrogen) atoms. The maximum absolute atomic E-state index is 14.9. The van der Waals surface area contributed by atoms with Crippen molar-refractivity contribution >= 4 is 40.6 Å². The van der Waals surface area contributed by atoms with Gasteiger partial charge in [-0.15, -0.1) is 0 Å². The summed E-state index contributed by atoms with van der Waals surface area (Å²) in [5.41, 5.74) is 8.62. The number of hydrogen-bond donors (Lipinski definition) is 3. The molecule has 16 nitrogen and oxygen atoms in total. The number of aryl methyl sites for hydroxylation is 1. The number of aromatic amines is 1. The second kappa shape index (κ2) is 17.6. The third-order valence-corrected chi connectivity index (χ3v) is 9.30. The summed E-state index contributed by atoms with van der Waals surface area (Å²) in [6.07, 6.45) is 5.95. The number of imidazole rings is 1. The molecule has 0 atom stereocenters. The highest BCUT2D eigenvalue weighted by atomic mass is 19.1. The van der Waals surface area contributed by atoms with Crippen LogP contribution < -0.4 is 16.6 Å². The van der Waals surface area contributed by atoms with E-state index in [1.807, 2.05) is 17.7 Å². The first kappa shape index (κ1) is 38.2. The molecule has 0 aliphatic carbocycles. The normalized spacial score (nSPS) is 12.8. The van der Waals surface area contributed by atoms with Crippen molar-refractivity contribution < 1.29 is 28.3 Å². The zero-order valence-electron chi connectivity index (χ0n) is 30.2. The molecule has 0 saturated carbocycles. The Bertz CT molecular complexity index is 2250. The molecule has 1 saturated heterocycles. The van der Waals surface area contributed by atoms with Gasteiger partial charge in [-0.25, -0.2) is 19.5 Å². The number of pyridine rings is 1. The van der Waals surface area contributed by atoms with E-state index in [4.69, 9.17) is 10.5 Å². The second-order valence-corrected chi connectivity index (χ2v) is 12.9. The minimum absolute atomic E-state index is 0.0850. The van der Waals surface area contributed by atoms with Crippen LogP contribution in [0.5, 0.6) is 0 Å². The van der Waals surface area contributed by atoms with Crippen molar-refractivity contribution in [2.75, 3.05) is 64.8 Å². The molecule has 3 aromatic heterocycles. The molecule has 4 N–H and O–H groups in total. The molecule has 6 rings (SSSR count). The van der Waals surface area contributed by atoms with Crippen LogP contribution in [0.3, 0.4) is 0 Å². The summed E-state index contributed by atoms with van der Waals surface area (Å²) in [4.78, 5) is 75.8. The number of nitrogen functional groups attached to an aromatic ring is 1. The van der Waals surface area contributed by atoms with Gasteiger partial charge in [-0.1, -0.05) is 24.3 Å². The van der Waals surface area contributed by atoms with Gasteiger partial charge in [0.05, 0.1) is 54.1 Å². The van der Waals surface area contributed by atoms with Gasteiger partial charge in [-0.3, -0.25) is 24.0 Å². The smallest absolute Gasteiger partial charge is 0.272 e. The lowest BCUT2D eigenvalue weighted by molar-refractivity contribution is -0.137. The number of aromatic nitrogens is 5. The van der Waals surface area contributed by atoms with Crippen LogP contribution in [0.2, 0.25) is 0 Å². The molecular weight excluding hydrogens is 711 g/mol. The third-order valence-electron chi connectivity index (χ3n) is 9.30. The number of nitrogens with two attached hydrogens (primary N) is 1. The Balaban J connectivity index is 0.915. The number of rotatable bonds is 15. The van der Waals surface area contributed by atoms with Gasteiger partial charge in [0.15, 0.2) is 5.69 Å². The van der Waals surface area contributed by atoms with Crippen molar-refractivity contribution in [2.45, 2.75) is 19.9 Å². The van der Waals surface area contributed by atoms with Crippen LogP contribution in [0.4, 0.5) is 10.1 Å². The predicted molar refractivity (Wildman–Crippen MR) is 200 cm³/mol. The molecule has 2 aromatic carbocycles. The fourth-order valence-corrected chi connectivity index (χ4v) is 6.22. The highest BCUT2D eigenvalue weighted by Gasteiger charge is 2.27. The zero-order chi connectivity index (χ0) is 38.9. The molecule has 5 aromatic rings. The van der Waals surface area contributed by atoms with Crippen LogP contribution in [0.25, 0.3) is 22.0 Å². The molecule has 17 heteroatoms. The molecule has 0 spiro atoms. The van der Waals surface area contributed by atoms with E-state index in [9.17, 15) is 28.4 Å². The fourth-order valence-electron chi connectivity index (χ4n) is 6.22. The van der Waals surface area contributed by atoms with Gasteiger partial charge in [-0.2, -0.15) is 5.10 Å². The van der Waals surface area contributed by atoms with E-state index in [-0.39, 0.29) is 93.9 Å². The predicted octanol–water partition coefficient (Wildman–Crippen LogP) is 1.70. The number of hydrogen-bond acceptors (Lipinski definition) is 10. The van der Waals surface area contributed by atoms with Crippen molar-refractivity contribution in [3.63, 3.8) is 0 Å². The van der Waals surface area contributed by atoms with Gasteiger partial charge < -0.3 is 35.1 Å². The van der Waals surface area contributed by atoms with Crippen molar-refractivity contribution in [1.82, 2.24) is 44.7 Å². The van der Waals surface area contributed by atoms with E-state index in [2.05, 4.69) is 25.5 Å². The lowest BCUT2D eigenvalue weighted by Gasteiger charge is -2.35. The number of amides is 4. The summed E-state index contributed by atoms with van der Waals surface area (Å²) in [5.74, 6) is -1.92. The topological polar surface area (TPSA) is 202 Å². The monoisotopic (exact) mass is 752 g/mol. The first-order valence-corrected chi connectivity index (χ1v) is 17.8. The number of carbonyl (C=O) groups is 4. The lowest BCUT2D eigenvalue weighted by atomic mass is 10.0. The van der Waals surface area contributed by atoms with Gasteiger partial charge in [0.2, 0.25) is 12.3 Å². The number of carbonyl (C=O) groups excluding carboxylic acids is 4. The number of nitrogens with zero attached hydrogens (tertiary/aromatic N) is 7. The molecule has 1 aliphatic rings. The maximum atomic E-state index is 14.9. The van der Waals surface area contributed by atoms with E-state index in [1.165, 1.54) is 21.9 Å². The summed E-state index contributed by atoms with van der Waals surface area (Å²) < 4.78 is 22.4. The van der Waals surface area contributed by atoms with Gasteiger partial charge in [0, 0.05) is 75.6 Å². The Morgan fingerprint density at radius 1 is 1.04 bits per heavy atom. The molecular formula is C38H41FN10O6. The maximum Gasteiger partial charge on any atom is 0.272 e. The quantitative estimate of drug-likeness (QED) is 0.104. The Kier molecular flexibility index (Phi) is 12.2. The van der Waals surface area contributed by atoms with Crippen LogP contribution in [0.1, 0.15) is 39.0 Å². The summed E-state index contributed by atoms with van der Waals surface area (Å²) in [7, 11) is 0. The van der Waals surface area contributed by atoms with E-state index in [0.717, 1.165) is 6.54 Å². The van der Waals surface area contributed by atoms with Crippen LogP contribution in [0, 0.1) is 5.82 Å². The van der Waals surface area contributed by atoms with E-state index in [0.29, 0.717) is 39.7 Å². The number of anilines is 1.